The number of aryl methyl sites for hydroxylation is 1. The van der Waals surface area contributed by atoms with Gasteiger partial charge in [-0.05, 0) is 55.8 Å². The second-order valence-electron chi connectivity index (χ2n) is 5.12. The zero-order valence-electron chi connectivity index (χ0n) is 13.1. The van der Waals surface area contributed by atoms with Gasteiger partial charge in [-0.25, -0.2) is 0 Å². The maximum Gasteiger partial charge on any atom is 0.279 e. The van der Waals surface area contributed by atoms with Crippen molar-refractivity contribution in [2.75, 3.05) is 0 Å². The van der Waals surface area contributed by atoms with Crippen molar-refractivity contribution in [3.63, 3.8) is 0 Å². The Morgan fingerprint density at radius 2 is 1.92 bits per heavy atom. The highest BCUT2D eigenvalue weighted by Gasteiger charge is 2.17. The largest absolute Gasteiger partial charge is 0.481 e. The summed E-state index contributed by atoms with van der Waals surface area (Å²) in [6, 6.07) is 12.0. The summed E-state index contributed by atoms with van der Waals surface area (Å²) in [4.78, 5) is 24.0. The van der Waals surface area contributed by atoms with E-state index < -0.39 is 17.9 Å². The molecule has 2 aromatic rings. The summed E-state index contributed by atoms with van der Waals surface area (Å²) in [5.41, 5.74) is 5.95. The molecular weight excluding hydrogens is 396 g/mol. The summed E-state index contributed by atoms with van der Waals surface area (Å²) >= 11 is 9.17. The molecule has 2 amide bonds. The van der Waals surface area contributed by atoms with Crippen LogP contribution in [0.25, 0.3) is 0 Å². The van der Waals surface area contributed by atoms with E-state index in [9.17, 15) is 9.59 Å². The number of ether oxygens (including phenoxy) is 1. The van der Waals surface area contributed by atoms with E-state index in [-0.39, 0.29) is 0 Å². The Balaban J connectivity index is 1.90. The number of nitrogens with one attached hydrogen (secondary N) is 2. The Kier molecular flexibility index (Phi) is 6.23. The molecule has 1 atom stereocenters. The average Bonchev–Trinajstić information content (AvgIpc) is 2.54. The molecule has 0 spiro atoms. The molecule has 0 aromatic heterocycles. The molecule has 0 fully saturated rings. The highest BCUT2D eigenvalue weighted by atomic mass is 79.9. The third-order valence-corrected chi connectivity index (χ3v) is 3.92. The monoisotopic (exact) mass is 410 g/mol. The van der Waals surface area contributed by atoms with Crippen LogP contribution in [0.5, 0.6) is 5.75 Å². The van der Waals surface area contributed by atoms with E-state index in [1.165, 1.54) is 0 Å². The third-order valence-electron chi connectivity index (χ3n) is 3.20. The third kappa shape index (κ3) is 4.97. The Morgan fingerprint density at radius 1 is 1.17 bits per heavy atom. The first-order valence-electron chi connectivity index (χ1n) is 7.15. The molecule has 5 nitrogen and oxygen atoms in total. The highest BCUT2D eigenvalue weighted by molar-refractivity contribution is 9.10. The molecule has 2 rings (SSSR count). The molecule has 126 valence electrons. The first kappa shape index (κ1) is 18.3. The van der Waals surface area contributed by atoms with Crippen LogP contribution in [0, 0.1) is 6.92 Å². The van der Waals surface area contributed by atoms with Crippen LogP contribution < -0.4 is 15.6 Å². The molecular formula is C17H16BrClN2O3. The van der Waals surface area contributed by atoms with Crippen molar-refractivity contribution < 1.29 is 14.3 Å². The van der Waals surface area contributed by atoms with Crippen LogP contribution in [-0.4, -0.2) is 17.9 Å². The number of hydrogen-bond donors (Lipinski definition) is 2. The molecule has 24 heavy (non-hydrogen) atoms. The minimum atomic E-state index is -0.785. The average molecular weight is 412 g/mol. The van der Waals surface area contributed by atoms with Crippen molar-refractivity contribution in [2.24, 2.45) is 0 Å². The van der Waals surface area contributed by atoms with Crippen molar-refractivity contribution >= 4 is 39.3 Å². The molecule has 0 radical (unpaired) electrons. The molecule has 0 bridgehead atoms. The van der Waals surface area contributed by atoms with Crippen molar-refractivity contribution in [3.8, 4) is 5.75 Å². The van der Waals surface area contributed by atoms with E-state index in [0.29, 0.717) is 16.3 Å². The maximum absolute atomic E-state index is 12.0. The van der Waals surface area contributed by atoms with Gasteiger partial charge in [-0.2, -0.15) is 0 Å². The maximum atomic E-state index is 12.0. The van der Waals surface area contributed by atoms with E-state index in [2.05, 4.69) is 26.8 Å². The molecule has 0 unspecified atom stereocenters. The molecule has 2 aromatic carbocycles. The van der Waals surface area contributed by atoms with Crippen molar-refractivity contribution in [3.05, 3.63) is 63.1 Å². The van der Waals surface area contributed by atoms with Crippen LogP contribution in [-0.2, 0) is 4.79 Å². The van der Waals surface area contributed by atoms with Gasteiger partial charge in [0.1, 0.15) is 5.75 Å². The van der Waals surface area contributed by atoms with Gasteiger partial charge in [0.15, 0.2) is 6.10 Å². The smallest absolute Gasteiger partial charge is 0.279 e. The van der Waals surface area contributed by atoms with Crippen LogP contribution in [0.2, 0.25) is 5.02 Å². The number of hydrazine groups is 1. The second-order valence-corrected chi connectivity index (χ2v) is 6.48. The summed E-state index contributed by atoms with van der Waals surface area (Å²) in [5, 5.41) is 0.596. The summed E-state index contributed by atoms with van der Waals surface area (Å²) in [5.74, 6) is -0.326. The number of carbonyl (C=O) groups excluding carboxylic acids is 2. The van der Waals surface area contributed by atoms with Gasteiger partial charge in [-0.15, -0.1) is 0 Å². The lowest BCUT2D eigenvalue weighted by atomic mass is 10.2. The fraction of sp³-hybridized carbons (Fsp3) is 0.176. The van der Waals surface area contributed by atoms with Gasteiger partial charge < -0.3 is 4.74 Å². The second kappa shape index (κ2) is 8.17. The predicted octanol–water partition coefficient (Wildman–Crippen LogP) is 3.64. The van der Waals surface area contributed by atoms with E-state index in [4.69, 9.17) is 16.3 Å². The molecule has 0 saturated carbocycles. The zero-order chi connectivity index (χ0) is 17.7. The minimum absolute atomic E-state index is 0.417. The van der Waals surface area contributed by atoms with Crippen LogP contribution in [0.4, 0.5) is 0 Å². The summed E-state index contributed by atoms with van der Waals surface area (Å²) in [7, 11) is 0. The van der Waals surface area contributed by atoms with E-state index in [1.54, 1.807) is 49.4 Å². The molecule has 0 aliphatic rings. The van der Waals surface area contributed by atoms with Crippen molar-refractivity contribution in [1.82, 2.24) is 10.9 Å². The van der Waals surface area contributed by atoms with Gasteiger partial charge in [0, 0.05) is 15.1 Å². The van der Waals surface area contributed by atoms with Crippen molar-refractivity contribution in [2.45, 2.75) is 20.0 Å². The van der Waals surface area contributed by atoms with Gasteiger partial charge in [-0.1, -0.05) is 33.6 Å². The topological polar surface area (TPSA) is 67.4 Å². The van der Waals surface area contributed by atoms with Crippen LogP contribution in [0.15, 0.2) is 46.9 Å². The van der Waals surface area contributed by atoms with Crippen LogP contribution in [0.1, 0.15) is 22.8 Å². The summed E-state index contributed by atoms with van der Waals surface area (Å²) < 4.78 is 6.36. The lowest BCUT2D eigenvalue weighted by Gasteiger charge is -2.16. The molecule has 0 heterocycles. The summed E-state index contributed by atoms with van der Waals surface area (Å²) in [6.07, 6.45) is -0.785. The van der Waals surface area contributed by atoms with E-state index in [1.807, 2.05) is 6.92 Å². The number of halogens is 2. The standard InChI is InChI=1S/C17H16BrClN2O3/c1-10-8-14(19)6-7-15(10)24-11(2)16(22)20-21-17(23)12-4-3-5-13(18)9-12/h3-9,11H,1-2H3,(H,20,22)(H,21,23)/t11-/m1/s1. The van der Waals surface area contributed by atoms with Crippen molar-refractivity contribution in [1.29, 1.82) is 0 Å². The fourth-order valence-corrected chi connectivity index (χ4v) is 2.54. The van der Waals surface area contributed by atoms with E-state index in [0.717, 1.165) is 10.0 Å². The van der Waals surface area contributed by atoms with Gasteiger partial charge >= 0.3 is 0 Å². The number of hydrogen-bond acceptors (Lipinski definition) is 3. The lowest BCUT2D eigenvalue weighted by molar-refractivity contribution is -0.128. The zero-order valence-corrected chi connectivity index (χ0v) is 15.4. The predicted molar refractivity (Wildman–Crippen MR) is 96.0 cm³/mol. The van der Waals surface area contributed by atoms with Gasteiger partial charge in [-0.3, -0.25) is 20.4 Å². The number of carbonyl (C=O) groups is 2. The van der Waals surface area contributed by atoms with Crippen LogP contribution >= 0.6 is 27.5 Å². The Hall–Kier alpha value is -2.05. The van der Waals surface area contributed by atoms with Crippen LogP contribution in [0.3, 0.4) is 0 Å². The molecule has 0 aliphatic heterocycles. The Labute approximate surface area is 153 Å². The number of rotatable bonds is 4. The SMILES string of the molecule is Cc1cc(Cl)ccc1O[C@H](C)C(=O)NNC(=O)c1cccc(Br)c1. The van der Waals surface area contributed by atoms with Gasteiger partial charge in [0.2, 0.25) is 0 Å². The minimum Gasteiger partial charge on any atom is -0.481 e. The Bertz CT molecular complexity index is 767. The molecule has 7 heteroatoms. The summed E-state index contributed by atoms with van der Waals surface area (Å²) in [6.45, 7) is 3.43. The quantitative estimate of drug-likeness (QED) is 0.755. The number of benzene rings is 2. The first-order valence-corrected chi connectivity index (χ1v) is 8.32. The number of amides is 2. The fourth-order valence-electron chi connectivity index (χ4n) is 1.91. The van der Waals surface area contributed by atoms with E-state index >= 15 is 0 Å². The molecule has 0 aliphatic carbocycles. The Morgan fingerprint density at radius 3 is 2.58 bits per heavy atom. The van der Waals surface area contributed by atoms with Gasteiger partial charge in [0.25, 0.3) is 11.8 Å². The van der Waals surface area contributed by atoms with Gasteiger partial charge in [0.05, 0.1) is 0 Å². The highest BCUT2D eigenvalue weighted by Crippen LogP contribution is 2.22. The normalized spacial score (nSPS) is 11.5. The first-order chi connectivity index (χ1) is 11.4. The molecule has 2 N–H and O–H groups in total. The lowest BCUT2D eigenvalue weighted by Crippen LogP contribution is -2.47. The molecule has 0 saturated heterocycles.